The molecule has 2 aliphatic carbocycles. The Bertz CT molecular complexity index is 1080. The number of aliphatic hydroxyl groups is 1. The number of methoxy groups -OCH3 is 1. The molecular formula is C22H33N5O4S2. The van der Waals surface area contributed by atoms with Gasteiger partial charge in [-0.05, 0) is 57.1 Å². The molecule has 2 heterocycles. The van der Waals surface area contributed by atoms with E-state index in [9.17, 15) is 14.1 Å². The van der Waals surface area contributed by atoms with E-state index in [0.717, 1.165) is 60.5 Å². The summed E-state index contributed by atoms with van der Waals surface area (Å²) in [6.45, 7) is 7.92. The number of amides is 2. The van der Waals surface area contributed by atoms with Gasteiger partial charge in [-0.3, -0.25) is 4.98 Å². The molecule has 0 aromatic carbocycles. The van der Waals surface area contributed by atoms with Gasteiger partial charge in [0.2, 0.25) is 0 Å². The Morgan fingerprint density at radius 1 is 1.27 bits per heavy atom. The first-order chi connectivity index (χ1) is 15.3. The molecule has 182 valence electrons. The Kier molecular flexibility index (Phi) is 7.59. The van der Waals surface area contributed by atoms with E-state index in [1.54, 1.807) is 13.8 Å². The summed E-state index contributed by atoms with van der Waals surface area (Å²) in [6, 6.07) is -0.470. The number of nitrogens with two attached hydrogens (primary N) is 2. The van der Waals surface area contributed by atoms with Crippen molar-refractivity contribution in [2.45, 2.75) is 81.6 Å². The Morgan fingerprint density at radius 2 is 1.97 bits per heavy atom. The summed E-state index contributed by atoms with van der Waals surface area (Å²) in [5, 5.41) is 18.4. The normalized spacial score (nSPS) is 17.1. The number of nitrogens with one attached hydrogen (secondary N) is 1. The van der Waals surface area contributed by atoms with Crippen LogP contribution in [0.5, 0.6) is 0 Å². The highest BCUT2D eigenvalue weighted by molar-refractivity contribution is 7.85. The van der Waals surface area contributed by atoms with E-state index in [4.69, 9.17) is 20.6 Å². The van der Waals surface area contributed by atoms with E-state index in [-0.39, 0.29) is 12.0 Å². The third-order valence-electron chi connectivity index (χ3n) is 5.86. The molecule has 0 aliphatic heterocycles. The number of hydrogen-bond donors (Lipinski definition) is 4. The van der Waals surface area contributed by atoms with E-state index in [1.165, 1.54) is 18.2 Å². The predicted octanol–water partition coefficient (Wildman–Crippen LogP) is 2.78. The highest BCUT2D eigenvalue weighted by atomic mass is 32.2. The van der Waals surface area contributed by atoms with Crippen molar-refractivity contribution < 1.29 is 18.8 Å². The van der Waals surface area contributed by atoms with Crippen LogP contribution < -0.4 is 16.2 Å². The number of fused-ring (bicyclic) bond motifs is 2. The van der Waals surface area contributed by atoms with Crippen LogP contribution in [0.2, 0.25) is 0 Å². The molecule has 0 radical (unpaired) electrons. The van der Waals surface area contributed by atoms with Gasteiger partial charge in [-0.2, -0.15) is 0 Å². The number of anilines is 1. The molecule has 0 saturated heterocycles. The Hall–Kier alpha value is -1.92. The monoisotopic (exact) mass is 495 g/mol. The predicted molar refractivity (Wildman–Crippen MR) is 129 cm³/mol. The average Bonchev–Trinajstić information content (AvgIpc) is 3.40. The standard InChI is InChI=1S/C14H19N3O.C8H14N2O3S2/c1-14(2)7-6-9-11(17-13(15)18)8-4-3-5-10(8)16-12(9)14;1-8(2,11)7-10-5(4-13-3)6(14-7)15(9)12/h3-7H2,1-2H3,(H3,15,16,17,18);11H,4,9H2,1-3H3. The van der Waals surface area contributed by atoms with Crippen LogP contribution in [0.4, 0.5) is 10.5 Å². The van der Waals surface area contributed by atoms with Crippen LogP contribution in [0, 0.1) is 0 Å². The summed E-state index contributed by atoms with van der Waals surface area (Å²) in [5.74, 6) is 0. The van der Waals surface area contributed by atoms with Crippen molar-refractivity contribution in [3.05, 3.63) is 33.2 Å². The third kappa shape index (κ3) is 5.60. The topological polar surface area (TPSA) is 153 Å². The Labute approximate surface area is 200 Å². The Morgan fingerprint density at radius 3 is 2.55 bits per heavy atom. The molecule has 4 rings (SSSR count). The first-order valence-electron chi connectivity index (χ1n) is 10.8. The lowest BCUT2D eigenvalue weighted by Gasteiger charge is -2.20. The molecule has 2 aliphatic rings. The quantitative estimate of drug-likeness (QED) is 0.500. The number of nitrogens with zero attached hydrogens (tertiary/aromatic N) is 2. The summed E-state index contributed by atoms with van der Waals surface area (Å²) in [5.41, 5.74) is 10.6. The van der Waals surface area contributed by atoms with Crippen LogP contribution in [0.25, 0.3) is 0 Å². The number of rotatable bonds is 5. The van der Waals surface area contributed by atoms with Crippen LogP contribution in [0.15, 0.2) is 4.21 Å². The highest BCUT2D eigenvalue weighted by Crippen LogP contribution is 2.44. The van der Waals surface area contributed by atoms with Gasteiger partial charge in [0.25, 0.3) is 0 Å². The van der Waals surface area contributed by atoms with Gasteiger partial charge in [0.1, 0.15) is 25.8 Å². The van der Waals surface area contributed by atoms with Gasteiger partial charge >= 0.3 is 6.03 Å². The summed E-state index contributed by atoms with van der Waals surface area (Å²) in [4.78, 5) is 20.2. The molecule has 9 nitrogen and oxygen atoms in total. The number of urea groups is 1. The van der Waals surface area contributed by atoms with Crippen LogP contribution in [0.3, 0.4) is 0 Å². The van der Waals surface area contributed by atoms with E-state index in [0.29, 0.717) is 14.9 Å². The van der Waals surface area contributed by atoms with Crippen molar-refractivity contribution in [3.8, 4) is 0 Å². The maximum absolute atomic E-state index is 11.2. The van der Waals surface area contributed by atoms with Crippen molar-refractivity contribution in [3.63, 3.8) is 0 Å². The minimum Gasteiger partial charge on any atom is -0.383 e. The first kappa shape index (κ1) is 25.7. The molecule has 0 fully saturated rings. The largest absolute Gasteiger partial charge is 0.383 e. The van der Waals surface area contributed by atoms with E-state index < -0.39 is 22.6 Å². The lowest BCUT2D eigenvalue weighted by molar-refractivity contribution is 0.0776. The van der Waals surface area contributed by atoms with Crippen molar-refractivity contribution in [1.29, 1.82) is 0 Å². The van der Waals surface area contributed by atoms with Crippen LogP contribution in [0.1, 0.15) is 73.8 Å². The summed E-state index contributed by atoms with van der Waals surface area (Å²) in [6.07, 6.45) is 5.22. The zero-order valence-corrected chi connectivity index (χ0v) is 21.4. The lowest BCUT2D eigenvalue weighted by Crippen LogP contribution is -2.22. The summed E-state index contributed by atoms with van der Waals surface area (Å²) < 4.78 is 16.6. The van der Waals surface area contributed by atoms with Gasteiger partial charge in [-0.25, -0.2) is 19.1 Å². The number of aromatic nitrogens is 2. The number of primary amides is 1. The highest BCUT2D eigenvalue weighted by Gasteiger charge is 2.36. The zero-order chi connectivity index (χ0) is 24.6. The number of aryl methyl sites for hydroxylation is 1. The SMILES string of the molecule is CC1(C)CCc2c1nc1c(c2NC(N)=O)CCC1.COCc1nc(C(C)(C)O)sc1S(N)=O. The molecular weight excluding hydrogens is 462 g/mol. The molecule has 33 heavy (non-hydrogen) atoms. The van der Waals surface area contributed by atoms with Crippen LogP contribution >= 0.6 is 11.3 Å². The number of thiazole rings is 1. The van der Waals surface area contributed by atoms with Gasteiger partial charge in [0.15, 0.2) is 0 Å². The number of carbonyl (C=O) groups excluding carboxylic acids is 1. The maximum Gasteiger partial charge on any atom is 0.316 e. The minimum atomic E-state index is -1.59. The lowest BCUT2D eigenvalue weighted by atomic mass is 9.90. The Balaban J connectivity index is 0.000000190. The molecule has 0 saturated carbocycles. The number of pyridine rings is 1. The number of carbonyl (C=O) groups is 1. The van der Waals surface area contributed by atoms with E-state index >= 15 is 0 Å². The zero-order valence-electron chi connectivity index (χ0n) is 19.8. The fourth-order valence-corrected chi connectivity index (χ4v) is 5.95. The maximum atomic E-state index is 11.2. The molecule has 2 aromatic rings. The molecule has 2 amide bonds. The van der Waals surface area contributed by atoms with Crippen LogP contribution in [-0.2, 0) is 52.6 Å². The number of hydrogen-bond acceptors (Lipinski definition) is 7. The van der Waals surface area contributed by atoms with Gasteiger partial charge in [0, 0.05) is 18.2 Å². The molecule has 1 unspecified atom stereocenters. The van der Waals surface area contributed by atoms with Crippen molar-refractivity contribution in [1.82, 2.24) is 9.97 Å². The fourth-order valence-electron chi connectivity index (χ4n) is 4.24. The summed E-state index contributed by atoms with van der Waals surface area (Å²) in [7, 11) is -0.0709. The van der Waals surface area contributed by atoms with Crippen LogP contribution in [-0.4, -0.2) is 32.4 Å². The fraction of sp³-hybridized carbons (Fsp3) is 0.591. The van der Waals surface area contributed by atoms with Gasteiger partial charge in [0.05, 0.1) is 23.7 Å². The number of ether oxygens (including phenoxy) is 1. The molecule has 2 aromatic heterocycles. The smallest absolute Gasteiger partial charge is 0.316 e. The molecule has 1 atom stereocenters. The van der Waals surface area contributed by atoms with Crippen molar-refractivity contribution in [2.75, 3.05) is 12.4 Å². The second kappa shape index (κ2) is 9.75. The van der Waals surface area contributed by atoms with Crippen molar-refractivity contribution in [2.24, 2.45) is 10.9 Å². The minimum absolute atomic E-state index is 0.112. The molecule has 6 N–H and O–H groups in total. The van der Waals surface area contributed by atoms with E-state index in [2.05, 4.69) is 24.1 Å². The molecule has 0 bridgehead atoms. The average molecular weight is 496 g/mol. The van der Waals surface area contributed by atoms with E-state index in [1.807, 2.05) is 0 Å². The van der Waals surface area contributed by atoms with Gasteiger partial charge in [-0.15, -0.1) is 11.3 Å². The van der Waals surface area contributed by atoms with Gasteiger partial charge < -0.3 is 20.9 Å². The third-order valence-corrected chi connectivity index (χ3v) is 8.41. The summed E-state index contributed by atoms with van der Waals surface area (Å²) >= 11 is 1.15. The van der Waals surface area contributed by atoms with Crippen molar-refractivity contribution >= 4 is 34.0 Å². The molecule has 0 spiro atoms. The first-order valence-corrected chi connectivity index (χ1v) is 12.9. The molecule has 11 heteroatoms. The second-order valence-electron chi connectivity index (χ2n) is 9.51. The van der Waals surface area contributed by atoms with Gasteiger partial charge in [-0.1, -0.05) is 13.8 Å². The second-order valence-corrected chi connectivity index (χ2v) is 11.8.